The van der Waals surface area contributed by atoms with Crippen molar-refractivity contribution in [2.75, 3.05) is 42.7 Å². The molecule has 3 N–H and O–H groups in total. The number of nitrogens with one attached hydrogen (secondary N) is 2. The number of anilines is 2. The van der Waals surface area contributed by atoms with E-state index < -0.39 is 21.8 Å². The second-order valence-corrected chi connectivity index (χ2v) is 10.3. The summed E-state index contributed by atoms with van der Waals surface area (Å²) in [5, 5.41) is 15.4. The number of sulfonamides is 1. The van der Waals surface area contributed by atoms with Crippen LogP contribution in [0, 0.1) is 0 Å². The van der Waals surface area contributed by atoms with Crippen LogP contribution in [0.3, 0.4) is 0 Å². The normalized spacial score (nSPS) is 12.5. The van der Waals surface area contributed by atoms with E-state index in [1.165, 1.54) is 48.9 Å². The summed E-state index contributed by atoms with van der Waals surface area (Å²) in [6.07, 6.45) is 0.636. The molecule has 0 atom stereocenters. The number of rotatable bonds is 9. The van der Waals surface area contributed by atoms with Crippen molar-refractivity contribution in [2.45, 2.75) is 6.42 Å². The van der Waals surface area contributed by atoms with Gasteiger partial charge in [0.25, 0.3) is 11.8 Å². The van der Waals surface area contributed by atoms with Crippen LogP contribution in [0.4, 0.5) is 11.4 Å². The van der Waals surface area contributed by atoms with Crippen LogP contribution in [0.15, 0.2) is 60.7 Å². The van der Waals surface area contributed by atoms with Gasteiger partial charge in [0.05, 0.1) is 31.2 Å². The number of benzene rings is 3. The highest BCUT2D eigenvalue weighted by molar-refractivity contribution is 7.92. The van der Waals surface area contributed by atoms with Crippen LogP contribution in [0.25, 0.3) is 0 Å². The van der Waals surface area contributed by atoms with Crippen molar-refractivity contribution >= 4 is 33.2 Å². The molecule has 1 aliphatic rings. The average Bonchev–Trinajstić information content (AvgIpc) is 3.34. The molecule has 194 valence electrons. The van der Waals surface area contributed by atoms with E-state index in [0.29, 0.717) is 30.2 Å². The fraction of sp³-hybridized carbons (Fsp3) is 0.231. The molecule has 11 heteroatoms. The number of phenolic OH excluding ortho intramolecular Hbond substituents is 1. The Morgan fingerprint density at radius 2 is 1.68 bits per heavy atom. The van der Waals surface area contributed by atoms with Gasteiger partial charge in [-0.2, -0.15) is 0 Å². The quantitative estimate of drug-likeness (QED) is 0.366. The van der Waals surface area contributed by atoms with Crippen LogP contribution in [-0.4, -0.2) is 58.4 Å². The zero-order valence-corrected chi connectivity index (χ0v) is 21.2. The number of carbonyl (C=O) groups excluding carboxylic acids is 2. The molecule has 0 saturated heterocycles. The number of carbonyl (C=O) groups is 2. The lowest BCUT2D eigenvalue weighted by Crippen LogP contribution is -2.37. The Morgan fingerprint density at radius 1 is 0.973 bits per heavy atom. The average molecular weight is 526 g/mol. The molecule has 4 rings (SSSR count). The van der Waals surface area contributed by atoms with Crippen LogP contribution in [0.1, 0.15) is 26.3 Å². The van der Waals surface area contributed by atoms with Crippen molar-refractivity contribution in [3.63, 3.8) is 0 Å². The third-order valence-corrected chi connectivity index (χ3v) is 7.71. The highest BCUT2D eigenvalue weighted by atomic mass is 32.2. The van der Waals surface area contributed by atoms with E-state index in [0.717, 1.165) is 5.56 Å². The van der Waals surface area contributed by atoms with Gasteiger partial charge in [0.15, 0.2) is 0 Å². The number of para-hydroxylation sites is 1. The fourth-order valence-electron chi connectivity index (χ4n) is 4.03. The number of aromatic hydroxyl groups is 1. The molecule has 0 saturated carbocycles. The van der Waals surface area contributed by atoms with Crippen LogP contribution in [-0.2, 0) is 16.4 Å². The summed E-state index contributed by atoms with van der Waals surface area (Å²) >= 11 is 0. The number of hydrogen-bond donors (Lipinski definition) is 3. The minimum atomic E-state index is -3.65. The molecule has 0 aromatic heterocycles. The molecule has 0 radical (unpaired) electrons. The maximum absolute atomic E-state index is 12.8. The molecule has 0 unspecified atom stereocenters. The molecule has 1 heterocycles. The molecular formula is C26H27N3O7S. The maximum atomic E-state index is 12.8. The topological polar surface area (TPSA) is 134 Å². The third kappa shape index (κ3) is 5.78. The zero-order valence-electron chi connectivity index (χ0n) is 20.4. The fourth-order valence-corrected chi connectivity index (χ4v) is 5.46. The summed E-state index contributed by atoms with van der Waals surface area (Å²) in [5.74, 6) is -0.901. The van der Waals surface area contributed by atoms with E-state index >= 15 is 0 Å². The van der Waals surface area contributed by atoms with Gasteiger partial charge >= 0.3 is 0 Å². The number of fused-ring (bicyclic) bond motifs is 1. The second-order valence-electron chi connectivity index (χ2n) is 8.31. The van der Waals surface area contributed by atoms with E-state index in [-0.39, 0.29) is 34.9 Å². The lowest BCUT2D eigenvalue weighted by Gasteiger charge is -2.19. The van der Waals surface area contributed by atoms with E-state index in [2.05, 4.69) is 10.6 Å². The van der Waals surface area contributed by atoms with Gasteiger partial charge in [-0.1, -0.05) is 18.2 Å². The molecule has 3 aromatic rings. The third-order valence-electron chi connectivity index (χ3n) is 5.94. The van der Waals surface area contributed by atoms with E-state index in [1.54, 1.807) is 18.2 Å². The Kier molecular flexibility index (Phi) is 7.53. The molecule has 10 nitrogen and oxygen atoms in total. The lowest BCUT2D eigenvalue weighted by atomic mass is 10.1. The van der Waals surface area contributed by atoms with Crippen molar-refractivity contribution < 1.29 is 32.6 Å². The van der Waals surface area contributed by atoms with Crippen LogP contribution in [0.5, 0.6) is 17.2 Å². The highest BCUT2D eigenvalue weighted by Crippen LogP contribution is 2.30. The predicted octanol–water partition coefficient (Wildman–Crippen LogP) is 2.78. The van der Waals surface area contributed by atoms with Gasteiger partial charge in [-0.25, -0.2) is 8.42 Å². The zero-order chi connectivity index (χ0) is 26.6. The summed E-state index contributed by atoms with van der Waals surface area (Å²) < 4.78 is 37.4. The Morgan fingerprint density at radius 3 is 2.38 bits per heavy atom. The second kappa shape index (κ2) is 10.8. The van der Waals surface area contributed by atoms with Gasteiger partial charge in [0.1, 0.15) is 17.2 Å². The summed E-state index contributed by atoms with van der Waals surface area (Å²) in [6.45, 7) is 0.205. The minimum absolute atomic E-state index is 0.107. The summed E-state index contributed by atoms with van der Waals surface area (Å²) in [6, 6.07) is 16.0. The van der Waals surface area contributed by atoms with Crippen LogP contribution in [0.2, 0.25) is 0 Å². The Balaban J connectivity index is 1.41. The van der Waals surface area contributed by atoms with Crippen molar-refractivity contribution in [1.82, 2.24) is 5.32 Å². The number of methoxy groups -OCH3 is 2. The first kappa shape index (κ1) is 25.8. The van der Waals surface area contributed by atoms with Crippen LogP contribution < -0.4 is 24.4 Å². The van der Waals surface area contributed by atoms with Crippen molar-refractivity contribution in [2.24, 2.45) is 0 Å². The smallest absolute Gasteiger partial charge is 0.255 e. The van der Waals surface area contributed by atoms with Crippen molar-refractivity contribution in [1.29, 1.82) is 0 Å². The number of amides is 2. The lowest BCUT2D eigenvalue weighted by molar-refractivity contribution is 0.0952. The highest BCUT2D eigenvalue weighted by Gasteiger charge is 2.29. The van der Waals surface area contributed by atoms with Gasteiger partial charge in [-0.15, -0.1) is 0 Å². The summed E-state index contributed by atoms with van der Waals surface area (Å²) in [4.78, 5) is 25.5. The van der Waals surface area contributed by atoms with Gasteiger partial charge in [-0.3, -0.25) is 13.9 Å². The Hall–Kier alpha value is -4.25. The van der Waals surface area contributed by atoms with Gasteiger partial charge < -0.3 is 25.2 Å². The molecule has 2 amide bonds. The SMILES string of the molecule is COc1cc(OC)cc(C(=O)Nc2ccc(O)c(C(=O)NCCS(=O)(=O)N3CCc4ccccc43)c2)c1. The molecule has 0 bridgehead atoms. The Labute approximate surface area is 214 Å². The summed E-state index contributed by atoms with van der Waals surface area (Å²) in [7, 11) is -0.711. The monoisotopic (exact) mass is 525 g/mol. The standard InChI is InChI=1S/C26H27N3O7S/c1-35-20-13-18(14-21(16-20)36-2)25(31)28-19-7-8-24(30)22(15-19)26(32)27-10-12-37(33,34)29-11-9-17-5-3-4-6-23(17)29/h3-8,13-16,30H,9-12H2,1-2H3,(H,27,32)(H,28,31). The molecule has 37 heavy (non-hydrogen) atoms. The number of nitrogens with zero attached hydrogens (tertiary/aromatic N) is 1. The first-order valence-corrected chi connectivity index (χ1v) is 13.1. The molecular weight excluding hydrogens is 498 g/mol. The van der Waals surface area contributed by atoms with Crippen molar-refractivity contribution in [3.8, 4) is 17.2 Å². The van der Waals surface area contributed by atoms with Gasteiger partial charge in [-0.05, 0) is 48.4 Å². The van der Waals surface area contributed by atoms with Gasteiger partial charge in [0.2, 0.25) is 10.0 Å². The van der Waals surface area contributed by atoms with Gasteiger partial charge in [0, 0.05) is 30.4 Å². The summed E-state index contributed by atoms with van der Waals surface area (Å²) in [5.41, 5.74) is 2.04. The molecule has 0 aliphatic carbocycles. The number of hydrogen-bond acceptors (Lipinski definition) is 7. The molecule has 0 spiro atoms. The maximum Gasteiger partial charge on any atom is 0.255 e. The molecule has 3 aromatic carbocycles. The van der Waals surface area contributed by atoms with Crippen molar-refractivity contribution in [3.05, 3.63) is 77.4 Å². The van der Waals surface area contributed by atoms with Crippen LogP contribution >= 0.6 is 0 Å². The molecule has 1 aliphatic heterocycles. The number of ether oxygens (including phenoxy) is 2. The minimum Gasteiger partial charge on any atom is -0.507 e. The Bertz CT molecular complexity index is 1420. The first-order chi connectivity index (χ1) is 17.7. The van der Waals surface area contributed by atoms with E-state index in [9.17, 15) is 23.1 Å². The number of phenols is 1. The molecule has 0 fully saturated rings. The van der Waals surface area contributed by atoms with E-state index in [1.807, 2.05) is 12.1 Å². The first-order valence-electron chi connectivity index (χ1n) is 11.5. The largest absolute Gasteiger partial charge is 0.507 e. The predicted molar refractivity (Wildman–Crippen MR) is 139 cm³/mol. The van der Waals surface area contributed by atoms with E-state index in [4.69, 9.17) is 9.47 Å².